The van der Waals surface area contributed by atoms with Gasteiger partial charge in [-0.25, -0.2) is 4.79 Å². The molecule has 0 aliphatic carbocycles. The number of rotatable bonds is 7. The number of carbonyl (C=O) groups excluding carboxylic acids is 1. The van der Waals surface area contributed by atoms with Gasteiger partial charge in [0.05, 0.1) is 6.61 Å². The van der Waals surface area contributed by atoms with Crippen molar-refractivity contribution in [2.24, 2.45) is 0 Å². The van der Waals surface area contributed by atoms with Crippen molar-refractivity contribution in [2.75, 3.05) is 12.3 Å². The first-order valence-electron chi connectivity index (χ1n) is 11.4. The van der Waals surface area contributed by atoms with E-state index in [1.54, 1.807) is 13.0 Å². The molecule has 0 radical (unpaired) electrons. The van der Waals surface area contributed by atoms with Gasteiger partial charge in [0.1, 0.15) is 0 Å². The van der Waals surface area contributed by atoms with Crippen molar-refractivity contribution in [3.63, 3.8) is 0 Å². The molecule has 0 bridgehead atoms. The molecule has 4 heteroatoms. The van der Waals surface area contributed by atoms with Gasteiger partial charge >= 0.3 is 5.97 Å². The topological polar surface area (TPSA) is 52.3 Å². The van der Waals surface area contributed by atoms with Crippen molar-refractivity contribution in [3.8, 4) is 0 Å². The molecule has 0 aliphatic heterocycles. The Hall–Kier alpha value is -3.06. The van der Waals surface area contributed by atoms with E-state index in [2.05, 4.69) is 66.7 Å². The number of anilines is 1. The third-order valence-corrected chi connectivity index (χ3v) is 5.10. The number of nitrogens with two attached hydrogens (primary N) is 1. The molecule has 0 saturated carbocycles. The largest absolute Gasteiger partial charge is 0.463 e. The van der Waals surface area contributed by atoms with Crippen molar-refractivity contribution in [3.05, 3.63) is 143 Å². The minimum absolute atomic E-state index is 0. The van der Waals surface area contributed by atoms with Crippen LogP contribution in [0, 0.1) is 37.2 Å². The van der Waals surface area contributed by atoms with Gasteiger partial charge in [0.15, 0.2) is 0 Å². The summed E-state index contributed by atoms with van der Waals surface area (Å²) in [5, 5.41) is 0. The molecule has 3 nitrogen and oxygen atoms in total. The molecule has 0 atom stereocenters. The maximum atomic E-state index is 11.2. The van der Waals surface area contributed by atoms with Crippen LogP contribution in [0.25, 0.3) is 6.08 Å². The number of nitrogen functional groups attached to an aromatic ring is 1. The van der Waals surface area contributed by atoms with E-state index in [1.165, 1.54) is 28.3 Å². The molecule has 0 spiro atoms. The van der Waals surface area contributed by atoms with Gasteiger partial charge in [0.25, 0.3) is 0 Å². The van der Waals surface area contributed by atoms with E-state index in [9.17, 15) is 4.79 Å². The molecule has 176 valence electrons. The molecule has 2 N–H and O–H groups in total. The number of ether oxygens (including phenoxy) is 1. The van der Waals surface area contributed by atoms with E-state index in [0.717, 1.165) is 24.1 Å². The summed E-state index contributed by atoms with van der Waals surface area (Å²) in [5.74, 6) is -0.308. The maximum absolute atomic E-state index is 11.2. The van der Waals surface area contributed by atoms with Gasteiger partial charge in [-0.15, -0.1) is 0 Å². The third kappa shape index (κ3) is 10.8. The summed E-state index contributed by atoms with van der Waals surface area (Å²) in [4.78, 5) is 11.2. The molecular formula is C31H30NO2U-. The molecule has 0 amide bonds. The Morgan fingerprint density at radius 2 is 1.29 bits per heavy atom. The second kappa shape index (κ2) is 15.8. The van der Waals surface area contributed by atoms with Crippen molar-refractivity contribution >= 4 is 17.7 Å². The Labute approximate surface area is 232 Å². The summed E-state index contributed by atoms with van der Waals surface area (Å²) in [7, 11) is 0. The second-order valence-electron chi connectivity index (χ2n) is 7.82. The Kier molecular flexibility index (Phi) is 12.7. The average Bonchev–Trinajstić information content (AvgIpc) is 2.87. The summed E-state index contributed by atoms with van der Waals surface area (Å²) in [6, 6.07) is 37.6. The molecule has 0 saturated heterocycles. The van der Waals surface area contributed by atoms with Crippen molar-refractivity contribution < 1.29 is 40.6 Å². The normalized spacial score (nSPS) is 10.1. The van der Waals surface area contributed by atoms with Crippen LogP contribution in [0.1, 0.15) is 34.7 Å². The van der Waals surface area contributed by atoms with Gasteiger partial charge in [-0.1, -0.05) is 66.7 Å². The first kappa shape index (κ1) is 28.2. The van der Waals surface area contributed by atoms with Gasteiger partial charge in [0.2, 0.25) is 0 Å². The van der Waals surface area contributed by atoms with Crippen molar-refractivity contribution in [2.45, 2.75) is 19.8 Å². The molecular weight excluding hydrogens is 656 g/mol. The van der Waals surface area contributed by atoms with E-state index >= 15 is 0 Å². The zero-order chi connectivity index (χ0) is 24.0. The molecule has 4 aromatic rings. The van der Waals surface area contributed by atoms with Crippen LogP contribution >= 0.6 is 0 Å². The first-order chi connectivity index (χ1) is 16.6. The zero-order valence-corrected chi connectivity index (χ0v) is 24.1. The van der Waals surface area contributed by atoms with Crippen LogP contribution in [0.3, 0.4) is 0 Å². The fraction of sp³-hybridized carbons (Fsp3) is 0.129. The van der Waals surface area contributed by atoms with Crippen LogP contribution in [0.4, 0.5) is 5.69 Å². The molecule has 35 heavy (non-hydrogen) atoms. The summed E-state index contributed by atoms with van der Waals surface area (Å²) < 4.78 is 4.84. The summed E-state index contributed by atoms with van der Waals surface area (Å²) in [6.45, 7) is 2.19. The van der Waals surface area contributed by atoms with Crippen LogP contribution in [0.2, 0.25) is 0 Å². The SMILES string of the molecule is CCOC(=O)/C=C/c1ccc(Cc2cc[c-]cc2)cc1.Nc1ccc(Cc2ccccc2)cc1.[U]. The van der Waals surface area contributed by atoms with Gasteiger partial charge in [-0.2, -0.15) is 35.9 Å². The Morgan fingerprint density at radius 1 is 0.771 bits per heavy atom. The summed E-state index contributed by atoms with van der Waals surface area (Å²) in [5.41, 5.74) is 12.6. The van der Waals surface area contributed by atoms with E-state index in [-0.39, 0.29) is 37.1 Å². The van der Waals surface area contributed by atoms with Crippen LogP contribution in [-0.4, -0.2) is 12.6 Å². The quantitative estimate of drug-likeness (QED) is 0.104. The Morgan fingerprint density at radius 3 is 1.86 bits per heavy atom. The van der Waals surface area contributed by atoms with Crippen LogP contribution in [0.5, 0.6) is 0 Å². The fourth-order valence-electron chi connectivity index (χ4n) is 3.34. The predicted molar refractivity (Wildman–Crippen MR) is 140 cm³/mol. The van der Waals surface area contributed by atoms with E-state index in [4.69, 9.17) is 10.5 Å². The monoisotopic (exact) mass is 686 g/mol. The van der Waals surface area contributed by atoms with Gasteiger partial charge in [0, 0.05) is 42.9 Å². The molecule has 0 unspecified atom stereocenters. The number of hydrogen-bond donors (Lipinski definition) is 1. The molecule has 0 heterocycles. The molecule has 0 aliphatic rings. The van der Waals surface area contributed by atoms with Crippen LogP contribution in [0.15, 0.2) is 109 Å². The van der Waals surface area contributed by atoms with Crippen molar-refractivity contribution in [1.82, 2.24) is 0 Å². The average molecular weight is 687 g/mol. The van der Waals surface area contributed by atoms with E-state index in [0.29, 0.717) is 6.61 Å². The zero-order valence-electron chi connectivity index (χ0n) is 20.0. The van der Waals surface area contributed by atoms with Crippen molar-refractivity contribution in [1.29, 1.82) is 0 Å². The Bertz CT molecular complexity index is 1160. The van der Waals surface area contributed by atoms with Gasteiger partial charge in [-0.3, -0.25) is 0 Å². The van der Waals surface area contributed by atoms with E-state index < -0.39 is 0 Å². The number of esters is 1. The molecule has 4 aromatic carbocycles. The van der Waals surface area contributed by atoms with Crippen LogP contribution in [-0.2, 0) is 22.4 Å². The first-order valence-corrected chi connectivity index (χ1v) is 11.4. The van der Waals surface area contributed by atoms with Gasteiger partial charge < -0.3 is 10.5 Å². The summed E-state index contributed by atoms with van der Waals surface area (Å²) >= 11 is 0. The number of hydrogen-bond acceptors (Lipinski definition) is 3. The smallest absolute Gasteiger partial charge is 0.330 e. The maximum Gasteiger partial charge on any atom is 0.330 e. The molecule has 4 rings (SSSR count). The van der Waals surface area contributed by atoms with Crippen LogP contribution < -0.4 is 5.73 Å². The molecule has 0 fully saturated rings. The minimum Gasteiger partial charge on any atom is -0.463 e. The number of benzene rings is 4. The predicted octanol–water partition coefficient (Wildman–Crippen LogP) is 6.51. The second-order valence-corrected chi connectivity index (χ2v) is 7.82. The fourth-order valence-corrected chi connectivity index (χ4v) is 3.34. The van der Waals surface area contributed by atoms with E-state index in [1.807, 2.05) is 42.5 Å². The standard InChI is InChI=1S/C18H17O2.C13H13N.U/c1-2-20-18(19)13-12-15-8-10-17(11-9-15)14-16-6-4-3-5-7-16;14-13-8-6-12(7-9-13)10-11-4-2-1-3-5-11;/h4-13H,2,14H2,1H3;1-9H,10,14H2;/q-1;;/b13-12+;;. The minimum atomic E-state index is -0.308. The Balaban J connectivity index is 0.000000254. The van der Waals surface area contributed by atoms with Gasteiger partial charge in [-0.05, 0) is 60.2 Å². The summed E-state index contributed by atoms with van der Waals surface area (Å²) in [6.07, 6.45) is 5.09. The third-order valence-electron chi connectivity index (χ3n) is 5.10. The number of carbonyl (C=O) groups is 1. The molecule has 0 aromatic heterocycles.